The van der Waals surface area contributed by atoms with Gasteiger partial charge in [-0.05, 0) is 111 Å². The zero-order valence-electron chi connectivity index (χ0n) is 36.7. The molecule has 12 aromatic rings. The van der Waals surface area contributed by atoms with Gasteiger partial charge in [0.25, 0.3) is 0 Å². The van der Waals surface area contributed by atoms with E-state index in [4.69, 9.17) is 0 Å². The van der Waals surface area contributed by atoms with Gasteiger partial charge in [-0.25, -0.2) is 0 Å². The number of fused-ring (bicyclic) bond motifs is 5. The van der Waals surface area contributed by atoms with Crippen LogP contribution in [0.1, 0.15) is 0 Å². The fourth-order valence-electron chi connectivity index (χ4n) is 9.65. The van der Waals surface area contributed by atoms with E-state index in [0.717, 1.165) is 39.6 Å². The van der Waals surface area contributed by atoms with Crippen molar-refractivity contribution in [2.24, 2.45) is 0 Å². The maximum atomic E-state index is 2.46. The molecule has 3 heteroatoms. The molecule has 0 amide bonds. The van der Waals surface area contributed by atoms with E-state index in [1.54, 1.807) is 0 Å². The SMILES string of the molecule is c1ccc(-c2ccc(N(c3ccc(-c4ccccc4)cc3)c3ccc(-c4ccc(N(c5ccccc5)c5c(-c6ccccc6)c6sc7ccccc7c6c6ccccc56)cc4)cc3)cc2)cc1. The van der Waals surface area contributed by atoms with Gasteiger partial charge in [0.1, 0.15) is 0 Å². The fraction of sp³-hybridized carbons (Fsp3) is 0. The molecule has 0 aliphatic heterocycles. The zero-order chi connectivity index (χ0) is 44.5. The van der Waals surface area contributed by atoms with Crippen molar-refractivity contribution in [1.82, 2.24) is 0 Å². The molecular formula is C64H44N2S. The number of rotatable bonds is 10. The standard InChI is InChI=1S/C64H44N2S/c1-5-17-45(18-6-1)47-29-37-53(38-30-47)65(54-39-31-48(32-40-54)46-19-7-2-8-20-46)55-41-33-49(34-42-55)50-35-43-56(44-36-50)66(52-23-11-4-12-24-52)63-58-26-14-13-25-57(58)62-59-27-15-16-28-60(59)67-64(62)61(63)51-21-9-3-10-22-51/h1-44H. The average molecular weight is 873 g/mol. The minimum atomic E-state index is 1.09. The first-order chi connectivity index (χ1) is 33.2. The van der Waals surface area contributed by atoms with Crippen LogP contribution in [-0.4, -0.2) is 0 Å². The van der Waals surface area contributed by atoms with Crippen molar-refractivity contribution < 1.29 is 0 Å². The predicted molar refractivity (Wildman–Crippen MR) is 288 cm³/mol. The second-order valence-electron chi connectivity index (χ2n) is 16.9. The van der Waals surface area contributed by atoms with Crippen molar-refractivity contribution in [2.75, 3.05) is 9.80 Å². The molecule has 0 aliphatic carbocycles. The number of para-hydroxylation sites is 1. The third-order valence-corrected chi connectivity index (χ3v) is 14.0. The number of hydrogen-bond acceptors (Lipinski definition) is 3. The van der Waals surface area contributed by atoms with Crippen molar-refractivity contribution in [1.29, 1.82) is 0 Å². The minimum absolute atomic E-state index is 1.09. The van der Waals surface area contributed by atoms with Gasteiger partial charge in [0.2, 0.25) is 0 Å². The second-order valence-corrected chi connectivity index (χ2v) is 17.9. The molecule has 0 unspecified atom stereocenters. The lowest BCUT2D eigenvalue weighted by atomic mass is 9.93. The Morgan fingerprint density at radius 1 is 0.239 bits per heavy atom. The van der Waals surface area contributed by atoms with Crippen LogP contribution >= 0.6 is 11.3 Å². The molecule has 0 N–H and O–H groups in total. The van der Waals surface area contributed by atoms with Gasteiger partial charge in [-0.3, -0.25) is 0 Å². The highest BCUT2D eigenvalue weighted by atomic mass is 32.1. The molecule has 12 rings (SSSR count). The predicted octanol–water partition coefficient (Wildman–Crippen LogP) is 18.8. The molecule has 0 saturated heterocycles. The van der Waals surface area contributed by atoms with Crippen LogP contribution in [0.4, 0.5) is 34.1 Å². The Hall–Kier alpha value is -8.50. The van der Waals surface area contributed by atoms with Crippen molar-refractivity contribution in [3.8, 4) is 44.5 Å². The van der Waals surface area contributed by atoms with E-state index in [9.17, 15) is 0 Å². The lowest BCUT2D eigenvalue weighted by Crippen LogP contribution is -2.12. The van der Waals surface area contributed by atoms with Crippen LogP contribution in [0, 0.1) is 0 Å². The quantitative estimate of drug-likeness (QED) is 0.135. The Bertz CT molecular complexity index is 3540. The van der Waals surface area contributed by atoms with Gasteiger partial charge in [0.05, 0.1) is 5.69 Å². The molecule has 0 radical (unpaired) electrons. The topological polar surface area (TPSA) is 6.48 Å². The van der Waals surface area contributed by atoms with Crippen molar-refractivity contribution in [2.45, 2.75) is 0 Å². The van der Waals surface area contributed by atoms with Gasteiger partial charge < -0.3 is 9.80 Å². The average Bonchev–Trinajstić information content (AvgIpc) is 3.80. The lowest BCUT2D eigenvalue weighted by molar-refractivity contribution is 1.28. The molecule has 0 spiro atoms. The van der Waals surface area contributed by atoms with E-state index >= 15 is 0 Å². The first-order valence-corrected chi connectivity index (χ1v) is 23.6. The summed E-state index contributed by atoms with van der Waals surface area (Å²) in [6, 6.07) is 96.6. The summed E-state index contributed by atoms with van der Waals surface area (Å²) < 4.78 is 2.59. The highest BCUT2D eigenvalue weighted by Gasteiger charge is 2.25. The third-order valence-electron chi connectivity index (χ3n) is 12.9. The van der Waals surface area contributed by atoms with Gasteiger partial charge in [-0.15, -0.1) is 11.3 Å². The Morgan fingerprint density at radius 3 is 1.03 bits per heavy atom. The highest BCUT2D eigenvalue weighted by molar-refractivity contribution is 7.26. The molecule has 0 fully saturated rings. The number of nitrogens with zero attached hydrogens (tertiary/aromatic N) is 2. The maximum absolute atomic E-state index is 2.46. The van der Waals surface area contributed by atoms with E-state index < -0.39 is 0 Å². The van der Waals surface area contributed by atoms with E-state index in [1.807, 2.05) is 11.3 Å². The van der Waals surface area contributed by atoms with Gasteiger partial charge in [0, 0.05) is 59.6 Å². The Balaban J connectivity index is 0.946. The highest BCUT2D eigenvalue weighted by Crippen LogP contribution is 2.53. The molecule has 11 aromatic carbocycles. The van der Waals surface area contributed by atoms with Gasteiger partial charge in [-0.1, -0.05) is 200 Å². The summed E-state index contributed by atoms with van der Waals surface area (Å²) in [5, 5.41) is 5.09. The lowest BCUT2D eigenvalue weighted by Gasteiger charge is -2.30. The molecule has 1 heterocycles. The summed E-state index contributed by atoms with van der Waals surface area (Å²) in [6.45, 7) is 0. The van der Waals surface area contributed by atoms with Gasteiger partial charge in [0.15, 0.2) is 0 Å². The normalized spacial score (nSPS) is 11.3. The van der Waals surface area contributed by atoms with Crippen LogP contribution in [0.25, 0.3) is 75.5 Å². The van der Waals surface area contributed by atoms with Crippen molar-refractivity contribution >= 4 is 76.4 Å². The number of hydrogen-bond donors (Lipinski definition) is 0. The van der Waals surface area contributed by atoms with Crippen molar-refractivity contribution in [3.05, 3.63) is 267 Å². The number of benzene rings is 11. The monoisotopic (exact) mass is 872 g/mol. The second kappa shape index (κ2) is 17.5. The molecule has 0 aliphatic rings. The van der Waals surface area contributed by atoms with Gasteiger partial charge in [-0.2, -0.15) is 0 Å². The summed E-state index contributed by atoms with van der Waals surface area (Å²) in [4.78, 5) is 4.81. The van der Waals surface area contributed by atoms with Crippen LogP contribution in [0.15, 0.2) is 267 Å². The van der Waals surface area contributed by atoms with Crippen LogP contribution in [0.2, 0.25) is 0 Å². The number of thiophene rings is 1. The molecular weight excluding hydrogens is 829 g/mol. The minimum Gasteiger partial charge on any atom is -0.311 e. The largest absolute Gasteiger partial charge is 0.311 e. The van der Waals surface area contributed by atoms with Crippen LogP contribution < -0.4 is 9.80 Å². The summed E-state index contributed by atoms with van der Waals surface area (Å²) in [7, 11) is 0. The Labute approximate surface area is 395 Å². The zero-order valence-corrected chi connectivity index (χ0v) is 37.5. The first-order valence-electron chi connectivity index (χ1n) is 22.8. The molecule has 2 nitrogen and oxygen atoms in total. The molecule has 0 bridgehead atoms. The van der Waals surface area contributed by atoms with E-state index in [1.165, 1.54) is 70.0 Å². The third kappa shape index (κ3) is 7.52. The molecule has 0 atom stereocenters. The molecule has 0 saturated carbocycles. The maximum Gasteiger partial charge on any atom is 0.0633 e. The first kappa shape index (κ1) is 40.0. The molecule has 316 valence electrons. The Kier molecular flexibility index (Phi) is 10.4. The smallest absolute Gasteiger partial charge is 0.0633 e. The van der Waals surface area contributed by atoms with Crippen molar-refractivity contribution in [3.63, 3.8) is 0 Å². The fourth-order valence-corrected chi connectivity index (χ4v) is 10.9. The summed E-state index contributed by atoms with van der Waals surface area (Å²) in [5.74, 6) is 0. The van der Waals surface area contributed by atoms with Crippen LogP contribution in [-0.2, 0) is 0 Å². The van der Waals surface area contributed by atoms with Crippen LogP contribution in [0.5, 0.6) is 0 Å². The molecule has 1 aromatic heterocycles. The van der Waals surface area contributed by atoms with E-state index in [0.29, 0.717) is 0 Å². The van der Waals surface area contributed by atoms with Crippen LogP contribution in [0.3, 0.4) is 0 Å². The van der Waals surface area contributed by atoms with E-state index in [-0.39, 0.29) is 0 Å². The van der Waals surface area contributed by atoms with Gasteiger partial charge >= 0.3 is 0 Å². The molecule has 67 heavy (non-hydrogen) atoms. The summed E-state index contributed by atoms with van der Waals surface area (Å²) in [5.41, 5.74) is 16.2. The van der Waals surface area contributed by atoms with E-state index in [2.05, 4.69) is 277 Å². The summed E-state index contributed by atoms with van der Waals surface area (Å²) in [6.07, 6.45) is 0. The number of anilines is 6. The Morgan fingerprint density at radius 2 is 0.567 bits per heavy atom. The summed E-state index contributed by atoms with van der Waals surface area (Å²) >= 11 is 1.89.